The molecule has 1 heterocycles. The predicted octanol–water partition coefficient (Wildman–Crippen LogP) is 1.57. The van der Waals surface area contributed by atoms with Gasteiger partial charge in [-0.25, -0.2) is 0 Å². The molecule has 1 saturated heterocycles. The minimum absolute atomic E-state index is 0.129. The molecule has 4 nitrogen and oxygen atoms in total. The molecule has 3 atom stereocenters. The molecule has 0 bridgehead atoms. The molecule has 0 aromatic rings. The minimum Gasteiger partial charge on any atom is -0.434 e. The Hall–Kier alpha value is -0.610. The fourth-order valence-electron chi connectivity index (χ4n) is 1.98. The highest BCUT2D eigenvalue weighted by atomic mass is 16.7. The van der Waals surface area contributed by atoms with Crippen molar-refractivity contribution in [2.45, 2.75) is 64.4 Å². The van der Waals surface area contributed by atoms with Crippen molar-refractivity contribution in [3.8, 4) is 0 Å². The highest BCUT2D eigenvalue weighted by Crippen LogP contribution is 2.33. The van der Waals surface area contributed by atoms with Crippen LogP contribution in [0.5, 0.6) is 0 Å². The Morgan fingerprint density at radius 2 is 2.27 bits per heavy atom. The van der Waals surface area contributed by atoms with Gasteiger partial charge in [-0.15, -0.1) is 0 Å². The van der Waals surface area contributed by atoms with Crippen LogP contribution in [0.2, 0.25) is 0 Å². The van der Waals surface area contributed by atoms with Gasteiger partial charge >= 0.3 is 5.97 Å². The van der Waals surface area contributed by atoms with Gasteiger partial charge in [0.1, 0.15) is 0 Å². The van der Waals surface area contributed by atoms with Crippen molar-refractivity contribution in [3.05, 3.63) is 0 Å². The maximum Gasteiger partial charge on any atom is 0.305 e. The van der Waals surface area contributed by atoms with E-state index >= 15 is 0 Å². The zero-order valence-electron chi connectivity index (χ0n) is 9.79. The summed E-state index contributed by atoms with van der Waals surface area (Å²) in [5.74, 6) is -0.333. The summed E-state index contributed by atoms with van der Waals surface area (Å²) in [6.45, 7) is 5.48. The van der Waals surface area contributed by atoms with E-state index in [-0.39, 0.29) is 12.1 Å². The monoisotopic (exact) mass is 215 g/mol. The molecule has 2 unspecified atom stereocenters. The van der Waals surface area contributed by atoms with Gasteiger partial charge in [-0.2, -0.15) is 0 Å². The molecule has 0 amide bonds. The summed E-state index contributed by atoms with van der Waals surface area (Å²) in [6, 6.07) is 0. The molecule has 4 heteroatoms. The third kappa shape index (κ3) is 2.92. The molecular formula is C11H21NO3. The van der Waals surface area contributed by atoms with E-state index in [1.54, 1.807) is 0 Å². The molecule has 0 aromatic heterocycles. The lowest BCUT2D eigenvalue weighted by atomic mass is 9.91. The number of carbonyl (C=O) groups is 1. The van der Waals surface area contributed by atoms with Gasteiger partial charge in [0.2, 0.25) is 6.29 Å². The number of hydrogen-bond donors (Lipinski definition) is 1. The predicted molar refractivity (Wildman–Crippen MR) is 57.2 cm³/mol. The van der Waals surface area contributed by atoms with Gasteiger partial charge in [-0.1, -0.05) is 20.3 Å². The van der Waals surface area contributed by atoms with Crippen molar-refractivity contribution in [1.29, 1.82) is 0 Å². The Kier molecular flexibility index (Phi) is 4.11. The third-order valence-corrected chi connectivity index (χ3v) is 2.94. The van der Waals surface area contributed by atoms with Crippen LogP contribution in [0.25, 0.3) is 0 Å². The lowest BCUT2D eigenvalue weighted by molar-refractivity contribution is -0.181. The zero-order valence-corrected chi connectivity index (χ0v) is 9.79. The van der Waals surface area contributed by atoms with Crippen LogP contribution in [0.1, 0.15) is 46.5 Å². The molecule has 1 fully saturated rings. The third-order valence-electron chi connectivity index (χ3n) is 2.94. The standard InChI is InChI=1S/C11H21NO3/c1-4-6-9-7-11(12,5-2)10(15-9)14-8(3)13/h9-10H,4-7,12H2,1-3H3/t9?,10?,11-/m0/s1. The molecule has 15 heavy (non-hydrogen) atoms. The second kappa shape index (κ2) is 4.94. The number of nitrogens with two attached hydrogens (primary N) is 1. The van der Waals surface area contributed by atoms with E-state index < -0.39 is 11.8 Å². The average Bonchev–Trinajstić information content (AvgIpc) is 2.44. The van der Waals surface area contributed by atoms with E-state index in [9.17, 15) is 4.79 Å². The fraction of sp³-hybridized carbons (Fsp3) is 0.909. The Morgan fingerprint density at radius 3 is 2.73 bits per heavy atom. The molecule has 0 aromatic carbocycles. The van der Waals surface area contributed by atoms with Gasteiger partial charge in [0.25, 0.3) is 0 Å². The molecule has 1 aliphatic heterocycles. The lowest BCUT2D eigenvalue weighted by Gasteiger charge is -2.27. The summed E-state index contributed by atoms with van der Waals surface area (Å²) in [5.41, 5.74) is 5.66. The van der Waals surface area contributed by atoms with E-state index in [2.05, 4.69) is 6.92 Å². The zero-order chi connectivity index (χ0) is 11.5. The lowest BCUT2D eigenvalue weighted by Crippen LogP contribution is -2.48. The molecule has 0 radical (unpaired) electrons. The molecule has 0 saturated carbocycles. The van der Waals surface area contributed by atoms with E-state index in [4.69, 9.17) is 15.2 Å². The molecule has 0 aliphatic carbocycles. The molecule has 2 N–H and O–H groups in total. The second-order valence-corrected chi connectivity index (χ2v) is 4.28. The Balaban J connectivity index is 2.63. The van der Waals surface area contributed by atoms with Crippen LogP contribution in [0.15, 0.2) is 0 Å². The maximum atomic E-state index is 10.9. The van der Waals surface area contributed by atoms with Gasteiger partial charge in [0.05, 0.1) is 11.6 Å². The van der Waals surface area contributed by atoms with Crippen molar-refractivity contribution >= 4 is 5.97 Å². The van der Waals surface area contributed by atoms with Crippen LogP contribution in [-0.4, -0.2) is 23.9 Å². The summed E-state index contributed by atoms with van der Waals surface area (Å²) >= 11 is 0. The number of carbonyl (C=O) groups excluding carboxylic acids is 1. The van der Waals surface area contributed by atoms with Crippen molar-refractivity contribution in [2.75, 3.05) is 0 Å². The van der Waals surface area contributed by atoms with Crippen molar-refractivity contribution < 1.29 is 14.3 Å². The average molecular weight is 215 g/mol. The van der Waals surface area contributed by atoms with E-state index in [1.807, 2.05) is 6.92 Å². The Morgan fingerprint density at radius 1 is 1.60 bits per heavy atom. The largest absolute Gasteiger partial charge is 0.434 e. The van der Waals surface area contributed by atoms with Crippen molar-refractivity contribution in [2.24, 2.45) is 5.73 Å². The first kappa shape index (κ1) is 12.5. The first-order chi connectivity index (χ1) is 7.01. The SMILES string of the molecule is CCCC1C[C@@](N)(CC)C(OC(C)=O)O1. The number of esters is 1. The van der Waals surface area contributed by atoms with Crippen molar-refractivity contribution in [3.63, 3.8) is 0 Å². The first-order valence-corrected chi connectivity index (χ1v) is 5.63. The van der Waals surface area contributed by atoms with Gasteiger partial charge in [0.15, 0.2) is 0 Å². The minimum atomic E-state index is -0.573. The summed E-state index contributed by atoms with van der Waals surface area (Å²) < 4.78 is 10.8. The van der Waals surface area contributed by atoms with Crippen LogP contribution in [0.4, 0.5) is 0 Å². The van der Waals surface area contributed by atoms with E-state index in [0.29, 0.717) is 0 Å². The smallest absolute Gasteiger partial charge is 0.305 e. The highest BCUT2D eigenvalue weighted by molar-refractivity contribution is 5.66. The molecule has 1 rings (SSSR count). The number of rotatable bonds is 4. The maximum absolute atomic E-state index is 10.9. The van der Waals surface area contributed by atoms with Gasteiger partial charge < -0.3 is 15.2 Å². The Bertz CT molecular complexity index is 232. The van der Waals surface area contributed by atoms with Crippen molar-refractivity contribution in [1.82, 2.24) is 0 Å². The molecule has 0 spiro atoms. The Labute approximate surface area is 91.1 Å². The van der Waals surface area contributed by atoms with Gasteiger partial charge in [-0.05, 0) is 19.3 Å². The molecule has 1 aliphatic rings. The van der Waals surface area contributed by atoms with Gasteiger partial charge in [0, 0.05) is 6.92 Å². The topological polar surface area (TPSA) is 61.5 Å². The number of ether oxygens (including phenoxy) is 2. The second-order valence-electron chi connectivity index (χ2n) is 4.28. The van der Waals surface area contributed by atoms with Crippen LogP contribution in [0, 0.1) is 0 Å². The fourth-order valence-corrected chi connectivity index (χ4v) is 1.98. The highest BCUT2D eigenvalue weighted by Gasteiger charge is 2.46. The van der Waals surface area contributed by atoms with Gasteiger partial charge in [-0.3, -0.25) is 4.79 Å². The van der Waals surface area contributed by atoms with Crippen LogP contribution < -0.4 is 5.73 Å². The van der Waals surface area contributed by atoms with Crippen LogP contribution in [-0.2, 0) is 14.3 Å². The number of hydrogen-bond acceptors (Lipinski definition) is 4. The summed E-state index contributed by atoms with van der Waals surface area (Å²) in [7, 11) is 0. The first-order valence-electron chi connectivity index (χ1n) is 5.63. The normalized spacial score (nSPS) is 35.5. The van der Waals surface area contributed by atoms with Crippen LogP contribution >= 0.6 is 0 Å². The van der Waals surface area contributed by atoms with Crippen LogP contribution in [0.3, 0.4) is 0 Å². The quantitative estimate of drug-likeness (QED) is 0.723. The summed E-state index contributed by atoms with van der Waals surface area (Å²) in [4.78, 5) is 10.9. The summed E-state index contributed by atoms with van der Waals surface area (Å²) in [5, 5.41) is 0. The van der Waals surface area contributed by atoms with E-state index in [1.165, 1.54) is 6.92 Å². The van der Waals surface area contributed by atoms with E-state index in [0.717, 1.165) is 25.7 Å². The molecule has 88 valence electrons. The molecular weight excluding hydrogens is 194 g/mol. The summed E-state index contributed by atoms with van der Waals surface area (Å²) in [6.07, 6.45) is 3.11.